The molecule has 0 spiro atoms. The highest BCUT2D eigenvalue weighted by molar-refractivity contribution is 7.99. The topological polar surface area (TPSA) is 104 Å². The van der Waals surface area contributed by atoms with E-state index in [-0.39, 0.29) is 35.1 Å². The monoisotopic (exact) mass is 452 g/mol. The molecule has 1 aliphatic rings. The first-order chi connectivity index (χ1) is 14.2. The number of aromatic amines is 1. The summed E-state index contributed by atoms with van der Waals surface area (Å²) in [5.41, 5.74) is 0.360. The van der Waals surface area contributed by atoms with E-state index in [9.17, 15) is 18.8 Å². The van der Waals surface area contributed by atoms with Gasteiger partial charge in [-0.2, -0.15) is 0 Å². The molecule has 2 heterocycles. The van der Waals surface area contributed by atoms with Gasteiger partial charge in [0.2, 0.25) is 11.8 Å². The Labute approximate surface area is 182 Å². The second-order valence-corrected chi connectivity index (χ2v) is 8.99. The Bertz CT molecular complexity index is 1030. The number of rotatable bonds is 7. The van der Waals surface area contributed by atoms with E-state index in [1.807, 2.05) is 0 Å². The summed E-state index contributed by atoms with van der Waals surface area (Å²) in [6.45, 7) is 4.23. The Morgan fingerprint density at radius 1 is 1.40 bits per heavy atom. The number of nitrogens with zero attached hydrogens (tertiary/aromatic N) is 1. The Morgan fingerprint density at radius 3 is 2.87 bits per heavy atom. The van der Waals surface area contributed by atoms with Gasteiger partial charge in [-0.3, -0.25) is 14.4 Å². The lowest BCUT2D eigenvalue weighted by molar-refractivity contribution is -0.125. The van der Waals surface area contributed by atoms with E-state index in [0.29, 0.717) is 22.3 Å². The third-order valence-corrected chi connectivity index (χ3v) is 5.82. The van der Waals surface area contributed by atoms with Crippen molar-refractivity contribution in [3.8, 4) is 0 Å². The highest BCUT2D eigenvalue weighted by Crippen LogP contribution is 2.26. The molecule has 10 heteroatoms. The lowest BCUT2D eigenvalue weighted by Crippen LogP contribution is -2.36. The number of carbonyl (C=O) groups is 2. The van der Waals surface area contributed by atoms with E-state index in [4.69, 9.17) is 11.6 Å². The van der Waals surface area contributed by atoms with Crippen LogP contribution in [0.4, 0.5) is 15.9 Å². The molecule has 1 aromatic carbocycles. The number of benzene rings is 1. The van der Waals surface area contributed by atoms with Crippen LogP contribution >= 0.6 is 23.4 Å². The van der Waals surface area contributed by atoms with Crippen molar-refractivity contribution in [3.05, 3.63) is 45.0 Å². The predicted octanol–water partition coefficient (Wildman–Crippen LogP) is 3.84. The standard InChI is InChI=1S/C20H22ClFN4O3S/c1-10(2)5-6-30-20-25-17-13(19(29)26-20)7-11(18(28)24-17)8-16(27)23-12-3-4-15(22)14(21)9-12/h3-4,9-11H,5-8H2,1-2H3,(H,23,27)(H2,24,25,26,28,29). The number of H-pyrrole nitrogens is 1. The molecule has 0 radical (unpaired) electrons. The fourth-order valence-electron chi connectivity index (χ4n) is 2.96. The van der Waals surface area contributed by atoms with Crippen molar-refractivity contribution in [1.29, 1.82) is 0 Å². The Morgan fingerprint density at radius 2 is 2.17 bits per heavy atom. The van der Waals surface area contributed by atoms with Gasteiger partial charge in [-0.15, -0.1) is 0 Å². The molecule has 0 fully saturated rings. The minimum Gasteiger partial charge on any atom is -0.326 e. The number of thioether (sulfide) groups is 1. The number of fused-ring (bicyclic) bond motifs is 1. The molecule has 1 aliphatic heterocycles. The average Bonchev–Trinajstić information content (AvgIpc) is 2.65. The lowest BCUT2D eigenvalue weighted by Gasteiger charge is -2.23. The number of hydrogen-bond donors (Lipinski definition) is 3. The van der Waals surface area contributed by atoms with Crippen LogP contribution in [-0.2, 0) is 16.0 Å². The average molecular weight is 453 g/mol. The first-order valence-electron chi connectivity index (χ1n) is 9.54. The van der Waals surface area contributed by atoms with Gasteiger partial charge in [0.1, 0.15) is 11.6 Å². The third-order valence-electron chi connectivity index (χ3n) is 4.63. The van der Waals surface area contributed by atoms with Crippen LogP contribution < -0.4 is 16.2 Å². The summed E-state index contributed by atoms with van der Waals surface area (Å²) >= 11 is 7.14. The molecule has 30 heavy (non-hydrogen) atoms. The van der Waals surface area contributed by atoms with E-state index in [0.717, 1.165) is 18.2 Å². The number of hydrogen-bond acceptors (Lipinski definition) is 5. The summed E-state index contributed by atoms with van der Waals surface area (Å²) in [7, 11) is 0. The molecule has 0 saturated carbocycles. The summed E-state index contributed by atoms with van der Waals surface area (Å²) in [6.07, 6.45) is 0.955. The summed E-state index contributed by atoms with van der Waals surface area (Å²) in [6, 6.07) is 3.81. The molecule has 7 nitrogen and oxygen atoms in total. The van der Waals surface area contributed by atoms with E-state index < -0.39 is 17.6 Å². The molecule has 0 aliphatic carbocycles. The molecule has 2 aromatic rings. The highest BCUT2D eigenvalue weighted by Gasteiger charge is 2.31. The van der Waals surface area contributed by atoms with Crippen LogP contribution in [0.3, 0.4) is 0 Å². The van der Waals surface area contributed by atoms with Gasteiger partial charge >= 0.3 is 0 Å². The number of anilines is 2. The van der Waals surface area contributed by atoms with E-state index in [1.54, 1.807) is 0 Å². The summed E-state index contributed by atoms with van der Waals surface area (Å²) in [5, 5.41) is 5.57. The maximum atomic E-state index is 13.2. The van der Waals surface area contributed by atoms with Crippen LogP contribution in [0.15, 0.2) is 28.2 Å². The summed E-state index contributed by atoms with van der Waals surface area (Å²) in [4.78, 5) is 44.3. The van der Waals surface area contributed by atoms with Crippen molar-refractivity contribution in [2.45, 2.75) is 38.3 Å². The molecule has 0 saturated heterocycles. The molecule has 1 atom stereocenters. The van der Waals surface area contributed by atoms with Crippen LogP contribution in [-0.4, -0.2) is 27.5 Å². The molecule has 160 valence electrons. The summed E-state index contributed by atoms with van der Waals surface area (Å²) < 4.78 is 13.2. The number of nitrogens with one attached hydrogen (secondary N) is 3. The fourth-order valence-corrected chi connectivity index (χ4v) is 4.25. The molecule has 2 amide bonds. The van der Waals surface area contributed by atoms with E-state index >= 15 is 0 Å². The zero-order valence-corrected chi connectivity index (χ0v) is 18.1. The van der Waals surface area contributed by atoms with Gasteiger partial charge in [0.25, 0.3) is 5.56 Å². The molecule has 3 rings (SSSR count). The lowest BCUT2D eigenvalue weighted by atomic mass is 9.92. The van der Waals surface area contributed by atoms with Crippen LogP contribution in [0.25, 0.3) is 0 Å². The normalized spacial score (nSPS) is 15.6. The minimum atomic E-state index is -0.712. The van der Waals surface area contributed by atoms with Gasteiger partial charge in [0.05, 0.1) is 16.5 Å². The number of halogens is 2. The molecule has 1 unspecified atom stereocenters. The van der Waals surface area contributed by atoms with Gasteiger partial charge in [-0.25, -0.2) is 9.37 Å². The van der Waals surface area contributed by atoms with Gasteiger partial charge in [0, 0.05) is 17.9 Å². The van der Waals surface area contributed by atoms with Crippen LogP contribution in [0.5, 0.6) is 0 Å². The van der Waals surface area contributed by atoms with Gasteiger partial charge in [0.15, 0.2) is 5.16 Å². The third kappa shape index (κ3) is 5.60. The van der Waals surface area contributed by atoms with Gasteiger partial charge < -0.3 is 15.6 Å². The second-order valence-electron chi connectivity index (χ2n) is 7.50. The van der Waals surface area contributed by atoms with Crippen molar-refractivity contribution >= 4 is 46.7 Å². The Hall–Kier alpha value is -2.39. The zero-order valence-electron chi connectivity index (χ0n) is 16.6. The largest absolute Gasteiger partial charge is 0.326 e. The van der Waals surface area contributed by atoms with Gasteiger partial charge in [-0.05, 0) is 37.0 Å². The zero-order chi connectivity index (χ0) is 21.8. The number of aromatic nitrogens is 2. The first kappa shape index (κ1) is 22.3. The maximum Gasteiger partial charge on any atom is 0.256 e. The quantitative estimate of drug-likeness (QED) is 0.437. The molecule has 0 bridgehead atoms. The van der Waals surface area contributed by atoms with Crippen molar-refractivity contribution in [2.75, 3.05) is 16.4 Å². The van der Waals surface area contributed by atoms with E-state index in [2.05, 4.69) is 34.4 Å². The molecule has 3 N–H and O–H groups in total. The van der Waals surface area contributed by atoms with Crippen molar-refractivity contribution in [3.63, 3.8) is 0 Å². The van der Waals surface area contributed by atoms with Crippen LogP contribution in [0, 0.1) is 17.7 Å². The van der Waals surface area contributed by atoms with Crippen molar-refractivity contribution in [2.24, 2.45) is 11.8 Å². The fraction of sp³-hybridized carbons (Fsp3) is 0.400. The SMILES string of the molecule is CC(C)CCSc1nc2c(c(=O)[nH]1)CC(CC(=O)Nc1ccc(F)c(Cl)c1)C(=O)N2. The van der Waals surface area contributed by atoms with Crippen LogP contribution in [0.2, 0.25) is 5.02 Å². The first-order valence-corrected chi connectivity index (χ1v) is 10.9. The molecule has 1 aromatic heterocycles. The van der Waals surface area contributed by atoms with E-state index in [1.165, 1.54) is 23.9 Å². The van der Waals surface area contributed by atoms with Crippen molar-refractivity contribution < 1.29 is 14.0 Å². The Kier molecular flexibility index (Phi) is 7.14. The molecular formula is C20H22ClFN4O3S. The number of carbonyl (C=O) groups excluding carboxylic acids is 2. The maximum absolute atomic E-state index is 13.2. The van der Waals surface area contributed by atoms with Gasteiger partial charge in [-0.1, -0.05) is 37.2 Å². The smallest absolute Gasteiger partial charge is 0.256 e. The molecular weight excluding hydrogens is 431 g/mol. The predicted molar refractivity (Wildman–Crippen MR) is 116 cm³/mol. The summed E-state index contributed by atoms with van der Waals surface area (Å²) in [5.74, 6) is -0.513. The van der Waals surface area contributed by atoms with Crippen LogP contribution in [0.1, 0.15) is 32.3 Å². The number of amides is 2. The Balaban J connectivity index is 1.66. The highest BCUT2D eigenvalue weighted by atomic mass is 35.5. The minimum absolute atomic E-state index is 0.109. The second kappa shape index (κ2) is 9.61. The van der Waals surface area contributed by atoms with Crippen molar-refractivity contribution in [1.82, 2.24) is 9.97 Å².